The molecule has 0 saturated carbocycles. The molecule has 6 heteroatoms. The van der Waals surface area contributed by atoms with Gasteiger partial charge in [-0.2, -0.15) is 0 Å². The standard InChI is InChI=1S/C18H25N5S/c1-3-19-18(21-14-16-8-7-15(2)24-16)23-12-10-22(11-13-23)17-6-4-5-9-20-17/h4-9H,3,10-14H2,1-2H3,(H,19,21). The lowest BCUT2D eigenvalue weighted by molar-refractivity contribution is 0.371. The molecule has 0 unspecified atom stereocenters. The highest BCUT2D eigenvalue weighted by Crippen LogP contribution is 2.16. The van der Waals surface area contributed by atoms with E-state index in [-0.39, 0.29) is 0 Å². The Morgan fingerprint density at radius 3 is 2.67 bits per heavy atom. The molecule has 0 atom stereocenters. The summed E-state index contributed by atoms with van der Waals surface area (Å²) in [7, 11) is 0. The van der Waals surface area contributed by atoms with Crippen molar-refractivity contribution in [1.82, 2.24) is 15.2 Å². The third kappa shape index (κ3) is 4.26. The molecule has 3 rings (SSSR count). The maximum absolute atomic E-state index is 4.83. The number of aryl methyl sites for hydroxylation is 1. The van der Waals surface area contributed by atoms with Crippen molar-refractivity contribution in [3.05, 3.63) is 46.3 Å². The number of hydrogen-bond donors (Lipinski definition) is 1. The van der Waals surface area contributed by atoms with Crippen molar-refractivity contribution in [2.45, 2.75) is 20.4 Å². The molecule has 0 aromatic carbocycles. The summed E-state index contributed by atoms with van der Waals surface area (Å²) >= 11 is 1.82. The largest absolute Gasteiger partial charge is 0.357 e. The minimum absolute atomic E-state index is 0.751. The van der Waals surface area contributed by atoms with Gasteiger partial charge in [0.1, 0.15) is 5.82 Å². The summed E-state index contributed by atoms with van der Waals surface area (Å²) in [4.78, 5) is 16.6. The molecule has 0 spiro atoms. The van der Waals surface area contributed by atoms with Crippen molar-refractivity contribution < 1.29 is 0 Å². The van der Waals surface area contributed by atoms with E-state index in [0.29, 0.717) is 0 Å². The van der Waals surface area contributed by atoms with Gasteiger partial charge in [-0.25, -0.2) is 9.98 Å². The molecule has 0 amide bonds. The van der Waals surface area contributed by atoms with E-state index >= 15 is 0 Å². The molecule has 2 aromatic heterocycles. The highest BCUT2D eigenvalue weighted by Gasteiger charge is 2.20. The normalized spacial score (nSPS) is 15.7. The van der Waals surface area contributed by atoms with Crippen LogP contribution in [-0.2, 0) is 6.54 Å². The quantitative estimate of drug-likeness (QED) is 0.685. The number of piperazine rings is 1. The first-order valence-corrected chi connectivity index (χ1v) is 9.32. The number of pyridine rings is 1. The van der Waals surface area contributed by atoms with E-state index in [9.17, 15) is 0 Å². The molecule has 24 heavy (non-hydrogen) atoms. The topological polar surface area (TPSA) is 43.8 Å². The van der Waals surface area contributed by atoms with Gasteiger partial charge in [0.2, 0.25) is 0 Å². The molecule has 0 radical (unpaired) electrons. The molecule has 1 aliphatic heterocycles. The summed E-state index contributed by atoms with van der Waals surface area (Å²) in [6, 6.07) is 10.4. The molecule has 128 valence electrons. The molecule has 5 nitrogen and oxygen atoms in total. The second kappa shape index (κ2) is 8.15. The van der Waals surface area contributed by atoms with Crippen molar-refractivity contribution in [2.75, 3.05) is 37.6 Å². The third-order valence-corrected chi connectivity index (χ3v) is 5.05. The fourth-order valence-electron chi connectivity index (χ4n) is 2.84. The number of nitrogens with one attached hydrogen (secondary N) is 1. The Morgan fingerprint density at radius 1 is 1.21 bits per heavy atom. The van der Waals surface area contributed by atoms with Crippen LogP contribution in [-0.4, -0.2) is 48.6 Å². The highest BCUT2D eigenvalue weighted by atomic mass is 32.1. The Morgan fingerprint density at radius 2 is 2.04 bits per heavy atom. The number of thiophene rings is 1. The molecular formula is C18H25N5S. The first kappa shape index (κ1) is 16.8. The fraction of sp³-hybridized carbons (Fsp3) is 0.444. The van der Waals surface area contributed by atoms with E-state index in [1.165, 1.54) is 9.75 Å². The average molecular weight is 344 g/mol. The lowest BCUT2D eigenvalue weighted by Crippen LogP contribution is -2.52. The van der Waals surface area contributed by atoms with Crippen molar-refractivity contribution in [3.63, 3.8) is 0 Å². The summed E-state index contributed by atoms with van der Waals surface area (Å²) in [5.74, 6) is 2.08. The van der Waals surface area contributed by atoms with Crippen LogP contribution in [0.25, 0.3) is 0 Å². The highest BCUT2D eigenvalue weighted by molar-refractivity contribution is 7.11. The van der Waals surface area contributed by atoms with Gasteiger partial charge in [0.15, 0.2) is 5.96 Å². The van der Waals surface area contributed by atoms with Gasteiger partial charge < -0.3 is 15.1 Å². The number of anilines is 1. The smallest absolute Gasteiger partial charge is 0.194 e. The van der Waals surface area contributed by atoms with Crippen molar-refractivity contribution in [2.24, 2.45) is 4.99 Å². The van der Waals surface area contributed by atoms with E-state index in [0.717, 1.165) is 51.0 Å². The molecule has 1 N–H and O–H groups in total. The van der Waals surface area contributed by atoms with Gasteiger partial charge in [-0.15, -0.1) is 11.3 Å². The van der Waals surface area contributed by atoms with E-state index in [2.05, 4.69) is 52.1 Å². The molecule has 1 aliphatic rings. The molecular weight excluding hydrogens is 318 g/mol. The van der Waals surface area contributed by atoms with Crippen LogP contribution in [0.15, 0.2) is 41.5 Å². The van der Waals surface area contributed by atoms with E-state index in [1.54, 1.807) is 0 Å². The van der Waals surface area contributed by atoms with Gasteiger partial charge in [-0.1, -0.05) is 6.07 Å². The lowest BCUT2D eigenvalue weighted by Gasteiger charge is -2.37. The van der Waals surface area contributed by atoms with Crippen LogP contribution < -0.4 is 10.2 Å². The summed E-state index contributed by atoms with van der Waals surface area (Å²) < 4.78 is 0. The predicted octanol–water partition coefficient (Wildman–Crippen LogP) is 2.74. The van der Waals surface area contributed by atoms with Gasteiger partial charge in [-0.05, 0) is 38.1 Å². The van der Waals surface area contributed by atoms with Crippen LogP contribution in [0.5, 0.6) is 0 Å². The van der Waals surface area contributed by atoms with Crippen molar-refractivity contribution in [1.29, 1.82) is 0 Å². The monoisotopic (exact) mass is 343 g/mol. The Hall–Kier alpha value is -2.08. The van der Waals surface area contributed by atoms with Gasteiger partial charge in [0.25, 0.3) is 0 Å². The van der Waals surface area contributed by atoms with Crippen LogP contribution in [0.2, 0.25) is 0 Å². The Balaban J connectivity index is 1.61. The molecule has 3 heterocycles. The minimum atomic E-state index is 0.751. The molecule has 2 aromatic rings. The second-order valence-electron chi connectivity index (χ2n) is 5.84. The van der Waals surface area contributed by atoms with Crippen molar-refractivity contribution >= 4 is 23.1 Å². The van der Waals surface area contributed by atoms with Gasteiger partial charge in [0.05, 0.1) is 6.54 Å². The minimum Gasteiger partial charge on any atom is -0.357 e. The summed E-state index contributed by atoms with van der Waals surface area (Å²) in [5, 5.41) is 3.43. The average Bonchev–Trinajstić information content (AvgIpc) is 3.05. The number of hydrogen-bond acceptors (Lipinski definition) is 4. The van der Waals surface area contributed by atoms with E-state index < -0.39 is 0 Å². The van der Waals surface area contributed by atoms with Gasteiger partial charge >= 0.3 is 0 Å². The molecule has 0 aliphatic carbocycles. The summed E-state index contributed by atoms with van der Waals surface area (Å²) in [5.41, 5.74) is 0. The number of guanidine groups is 1. The zero-order valence-corrected chi connectivity index (χ0v) is 15.2. The Kier molecular flexibility index (Phi) is 5.69. The van der Waals surface area contributed by atoms with Crippen LogP contribution in [0, 0.1) is 6.92 Å². The number of rotatable bonds is 4. The Labute approximate surface area is 148 Å². The number of nitrogens with zero attached hydrogens (tertiary/aromatic N) is 4. The SMILES string of the molecule is CCNC(=NCc1ccc(C)s1)N1CCN(c2ccccn2)CC1. The second-order valence-corrected chi connectivity index (χ2v) is 7.22. The summed E-state index contributed by atoms with van der Waals surface area (Å²) in [6.45, 7) is 9.77. The maximum atomic E-state index is 4.83. The molecule has 1 fully saturated rings. The van der Waals surface area contributed by atoms with Gasteiger partial charge in [-0.3, -0.25) is 0 Å². The fourth-order valence-corrected chi connectivity index (χ4v) is 3.65. The van der Waals surface area contributed by atoms with Crippen molar-refractivity contribution in [3.8, 4) is 0 Å². The maximum Gasteiger partial charge on any atom is 0.194 e. The lowest BCUT2D eigenvalue weighted by atomic mass is 10.3. The van der Waals surface area contributed by atoms with E-state index in [1.807, 2.05) is 29.7 Å². The zero-order valence-electron chi connectivity index (χ0n) is 14.4. The first-order chi connectivity index (χ1) is 11.8. The summed E-state index contributed by atoms with van der Waals surface area (Å²) in [6.07, 6.45) is 1.86. The molecule has 1 saturated heterocycles. The van der Waals surface area contributed by atoms with Crippen LogP contribution in [0.4, 0.5) is 5.82 Å². The van der Waals surface area contributed by atoms with Crippen LogP contribution >= 0.6 is 11.3 Å². The predicted molar refractivity (Wildman–Crippen MR) is 102 cm³/mol. The zero-order chi connectivity index (χ0) is 16.8. The van der Waals surface area contributed by atoms with E-state index in [4.69, 9.17) is 4.99 Å². The number of aliphatic imine (C=N–C) groups is 1. The number of aromatic nitrogens is 1. The first-order valence-electron chi connectivity index (χ1n) is 8.51. The van der Waals surface area contributed by atoms with Crippen LogP contribution in [0.1, 0.15) is 16.7 Å². The van der Waals surface area contributed by atoms with Crippen LogP contribution in [0.3, 0.4) is 0 Å². The Bertz CT molecular complexity index is 659. The van der Waals surface area contributed by atoms with Gasteiger partial charge in [0, 0.05) is 48.7 Å². The third-order valence-electron chi connectivity index (χ3n) is 4.07. The molecule has 0 bridgehead atoms.